The monoisotopic (exact) mass is 463 g/mol. The molecule has 4 nitrogen and oxygen atoms in total. The minimum absolute atomic E-state index is 0.0907. The molecule has 5 rings (SSSR count). The number of piperidine rings is 1. The van der Waals surface area contributed by atoms with E-state index >= 15 is 0 Å². The Bertz CT molecular complexity index is 925. The molecule has 1 saturated carbocycles. The first-order valence-corrected chi connectivity index (χ1v) is 13.4. The van der Waals surface area contributed by atoms with Gasteiger partial charge in [-0.1, -0.05) is 50.3 Å². The third-order valence-corrected chi connectivity index (χ3v) is 8.90. The predicted octanol–water partition coefficient (Wildman–Crippen LogP) is 6.50. The molecule has 0 amide bonds. The third kappa shape index (κ3) is 4.85. The average molecular weight is 464 g/mol. The summed E-state index contributed by atoms with van der Waals surface area (Å²) in [5.41, 5.74) is 5.55. The van der Waals surface area contributed by atoms with Gasteiger partial charge in [0, 0.05) is 44.8 Å². The molecule has 184 valence electrons. The first-order valence-electron chi connectivity index (χ1n) is 13.4. The van der Waals surface area contributed by atoms with E-state index in [2.05, 4.69) is 35.2 Å². The van der Waals surface area contributed by atoms with E-state index in [4.69, 9.17) is 9.47 Å². The third-order valence-electron chi connectivity index (χ3n) is 8.90. The Balaban J connectivity index is 1.36. The fraction of sp³-hybridized carbons (Fsp3) is 0.600. The number of nitrogens with zero attached hydrogens (tertiary/aromatic N) is 1. The van der Waals surface area contributed by atoms with Crippen molar-refractivity contribution < 1.29 is 14.6 Å². The normalized spacial score (nSPS) is 24.4. The zero-order chi connectivity index (χ0) is 23.5. The molecule has 2 fully saturated rings. The molecule has 1 aliphatic heterocycles. The van der Waals surface area contributed by atoms with E-state index < -0.39 is 0 Å². The van der Waals surface area contributed by atoms with Crippen LogP contribution in [0.1, 0.15) is 74.0 Å². The van der Waals surface area contributed by atoms with Crippen LogP contribution in [0.25, 0.3) is 0 Å². The summed E-state index contributed by atoms with van der Waals surface area (Å²) in [5.74, 6) is 2.85. The number of aromatic hydroxyl groups is 1. The van der Waals surface area contributed by atoms with Gasteiger partial charge in [-0.25, -0.2) is 0 Å². The molecule has 34 heavy (non-hydrogen) atoms. The maximum atomic E-state index is 10.1. The van der Waals surface area contributed by atoms with Crippen LogP contribution in [0.2, 0.25) is 0 Å². The largest absolute Gasteiger partial charge is 0.508 e. The highest BCUT2D eigenvalue weighted by Gasteiger charge is 2.36. The van der Waals surface area contributed by atoms with Gasteiger partial charge in [0.1, 0.15) is 5.75 Å². The van der Waals surface area contributed by atoms with Crippen LogP contribution in [-0.4, -0.2) is 38.7 Å². The summed E-state index contributed by atoms with van der Waals surface area (Å²) in [6, 6.07) is 15.5. The molecule has 0 unspecified atom stereocenters. The molecule has 2 aromatic carbocycles. The van der Waals surface area contributed by atoms with Crippen LogP contribution in [0, 0.1) is 17.8 Å². The lowest BCUT2D eigenvalue weighted by atomic mass is 9.64. The second kappa shape index (κ2) is 10.7. The summed E-state index contributed by atoms with van der Waals surface area (Å²) >= 11 is 0. The maximum Gasteiger partial charge on any atom is 0.159 e. The zero-order valence-corrected chi connectivity index (χ0v) is 20.9. The highest BCUT2D eigenvalue weighted by molar-refractivity contribution is 5.51. The van der Waals surface area contributed by atoms with E-state index in [0.29, 0.717) is 23.5 Å². The molecule has 1 saturated heterocycles. The molecular weight excluding hydrogens is 422 g/mol. The van der Waals surface area contributed by atoms with Gasteiger partial charge in [0.2, 0.25) is 0 Å². The van der Waals surface area contributed by atoms with Crippen LogP contribution >= 0.6 is 0 Å². The summed E-state index contributed by atoms with van der Waals surface area (Å²) < 4.78 is 11.0. The highest BCUT2D eigenvalue weighted by Crippen LogP contribution is 2.48. The second-order valence-corrected chi connectivity index (χ2v) is 10.7. The molecule has 3 aliphatic rings. The fourth-order valence-electron chi connectivity index (χ4n) is 7.13. The Kier molecular flexibility index (Phi) is 7.46. The van der Waals surface area contributed by atoms with Crippen LogP contribution in [0.15, 0.2) is 42.5 Å². The van der Waals surface area contributed by atoms with Gasteiger partial charge >= 0.3 is 0 Å². The second-order valence-electron chi connectivity index (χ2n) is 10.7. The molecule has 2 aliphatic carbocycles. The van der Waals surface area contributed by atoms with Crippen molar-refractivity contribution in [3.8, 4) is 5.75 Å². The van der Waals surface area contributed by atoms with Crippen LogP contribution in [0.4, 0.5) is 5.69 Å². The van der Waals surface area contributed by atoms with Crippen molar-refractivity contribution in [2.45, 2.75) is 70.0 Å². The van der Waals surface area contributed by atoms with E-state index in [9.17, 15) is 5.11 Å². The fourth-order valence-corrected chi connectivity index (χ4v) is 7.13. The molecule has 2 aromatic rings. The minimum Gasteiger partial charge on any atom is -0.508 e. The SMILES string of the molecule is COC(OC)C1CCN(c2ccc([C@@H]3c4ccc(O)cc4CC[C@@H]3C3CCCCC3)cc2)CC1. The lowest BCUT2D eigenvalue weighted by molar-refractivity contribution is -0.141. The van der Waals surface area contributed by atoms with Crippen molar-refractivity contribution >= 4 is 5.69 Å². The van der Waals surface area contributed by atoms with Gasteiger partial charge in [-0.05, 0) is 78.5 Å². The van der Waals surface area contributed by atoms with Gasteiger partial charge < -0.3 is 19.5 Å². The maximum absolute atomic E-state index is 10.1. The number of phenolic OH excluding ortho intramolecular Hbond substituents is 1. The smallest absolute Gasteiger partial charge is 0.159 e. The van der Waals surface area contributed by atoms with Crippen molar-refractivity contribution in [3.05, 3.63) is 59.2 Å². The van der Waals surface area contributed by atoms with Crippen molar-refractivity contribution in [1.29, 1.82) is 0 Å². The molecule has 0 aromatic heterocycles. The van der Waals surface area contributed by atoms with E-state index in [1.807, 2.05) is 12.1 Å². The Morgan fingerprint density at radius 2 is 1.56 bits per heavy atom. The van der Waals surface area contributed by atoms with Gasteiger partial charge in [0.05, 0.1) is 0 Å². The average Bonchev–Trinajstić information content (AvgIpc) is 2.90. The molecule has 1 heterocycles. The summed E-state index contributed by atoms with van der Waals surface area (Å²) in [5, 5.41) is 10.1. The standard InChI is InChI=1S/C30H41NO3/c1-33-30(34-2)23-16-18-31(19-17-23)25-11-8-22(9-12-25)29-27(21-6-4-3-5-7-21)14-10-24-20-26(32)13-15-28(24)29/h8-9,11-13,15,20-21,23,27,29-30,32H,3-7,10,14,16-19H2,1-2H3/t27-,29+/m1/s1. The number of hydrogen-bond donors (Lipinski definition) is 1. The molecule has 2 atom stereocenters. The summed E-state index contributed by atoms with van der Waals surface area (Å²) in [6.45, 7) is 2.09. The van der Waals surface area contributed by atoms with Gasteiger partial charge in [-0.3, -0.25) is 0 Å². The van der Waals surface area contributed by atoms with Gasteiger partial charge in [0.25, 0.3) is 0 Å². The lowest BCUT2D eigenvalue weighted by Crippen LogP contribution is -2.39. The lowest BCUT2D eigenvalue weighted by Gasteiger charge is -2.41. The number of rotatable bonds is 6. The van der Waals surface area contributed by atoms with E-state index in [1.54, 1.807) is 14.2 Å². The summed E-state index contributed by atoms with van der Waals surface area (Å²) in [7, 11) is 3.48. The molecule has 4 heteroatoms. The summed E-state index contributed by atoms with van der Waals surface area (Å²) in [6.07, 6.45) is 11.4. The van der Waals surface area contributed by atoms with E-state index in [-0.39, 0.29) is 6.29 Å². The minimum atomic E-state index is -0.0907. The van der Waals surface area contributed by atoms with E-state index in [1.165, 1.54) is 60.9 Å². The van der Waals surface area contributed by atoms with Crippen molar-refractivity contribution in [1.82, 2.24) is 0 Å². The Hall–Kier alpha value is -2.04. The molecule has 0 spiro atoms. The zero-order valence-electron chi connectivity index (χ0n) is 20.9. The number of methoxy groups -OCH3 is 2. The van der Waals surface area contributed by atoms with Gasteiger partial charge in [-0.2, -0.15) is 0 Å². The summed E-state index contributed by atoms with van der Waals surface area (Å²) in [4.78, 5) is 2.51. The number of aryl methyl sites for hydroxylation is 1. The number of anilines is 1. The van der Waals surface area contributed by atoms with Crippen LogP contribution in [0.3, 0.4) is 0 Å². The number of benzene rings is 2. The van der Waals surface area contributed by atoms with Crippen molar-refractivity contribution in [2.75, 3.05) is 32.2 Å². The first kappa shape index (κ1) is 23.7. The van der Waals surface area contributed by atoms with Crippen LogP contribution < -0.4 is 4.90 Å². The number of ether oxygens (including phenoxy) is 2. The van der Waals surface area contributed by atoms with Crippen molar-refractivity contribution in [2.24, 2.45) is 17.8 Å². The van der Waals surface area contributed by atoms with Crippen molar-refractivity contribution in [3.63, 3.8) is 0 Å². The molecule has 1 N–H and O–H groups in total. The van der Waals surface area contributed by atoms with Gasteiger partial charge in [-0.15, -0.1) is 0 Å². The first-order chi connectivity index (χ1) is 16.7. The number of phenols is 1. The highest BCUT2D eigenvalue weighted by atomic mass is 16.7. The Morgan fingerprint density at radius 3 is 2.24 bits per heavy atom. The molecule has 0 radical (unpaired) electrons. The van der Waals surface area contributed by atoms with E-state index in [0.717, 1.165) is 38.3 Å². The Morgan fingerprint density at radius 1 is 0.853 bits per heavy atom. The molecular formula is C30H41NO3. The van der Waals surface area contributed by atoms with Gasteiger partial charge in [0.15, 0.2) is 6.29 Å². The van der Waals surface area contributed by atoms with Crippen LogP contribution in [-0.2, 0) is 15.9 Å². The molecule has 0 bridgehead atoms. The number of fused-ring (bicyclic) bond motifs is 1. The predicted molar refractivity (Wildman–Crippen MR) is 138 cm³/mol. The topological polar surface area (TPSA) is 41.9 Å². The Labute approximate surface area is 205 Å². The quantitative estimate of drug-likeness (QED) is 0.496. The van der Waals surface area contributed by atoms with Crippen LogP contribution in [0.5, 0.6) is 5.75 Å². The number of hydrogen-bond acceptors (Lipinski definition) is 4.